The molecule has 0 spiro atoms. The molecule has 0 aliphatic carbocycles. The molecule has 108 valence electrons. The van der Waals surface area contributed by atoms with Crippen molar-refractivity contribution in [1.82, 2.24) is 4.90 Å². The Kier molecular flexibility index (Phi) is 4.39. The van der Waals surface area contributed by atoms with E-state index in [0.717, 1.165) is 11.1 Å². The van der Waals surface area contributed by atoms with Crippen molar-refractivity contribution in [2.45, 2.75) is 38.3 Å². The SMILES string of the molecule is Cc1ccc(CCC(=O)N2CC(O)C[C@H]2C(=O)O)cc1. The van der Waals surface area contributed by atoms with Crippen LogP contribution in [0.15, 0.2) is 24.3 Å². The lowest BCUT2D eigenvalue weighted by Crippen LogP contribution is -2.40. The van der Waals surface area contributed by atoms with Gasteiger partial charge in [0.1, 0.15) is 6.04 Å². The van der Waals surface area contributed by atoms with Crippen molar-refractivity contribution in [1.29, 1.82) is 0 Å². The van der Waals surface area contributed by atoms with E-state index in [1.54, 1.807) is 0 Å². The van der Waals surface area contributed by atoms with E-state index < -0.39 is 18.1 Å². The number of hydrogen-bond acceptors (Lipinski definition) is 3. The third-order valence-electron chi connectivity index (χ3n) is 3.63. The van der Waals surface area contributed by atoms with Crippen LogP contribution in [0.4, 0.5) is 0 Å². The largest absolute Gasteiger partial charge is 0.480 e. The summed E-state index contributed by atoms with van der Waals surface area (Å²) in [6.07, 6.45) is 0.225. The second-order valence-electron chi connectivity index (χ2n) is 5.28. The van der Waals surface area contributed by atoms with Gasteiger partial charge in [0.25, 0.3) is 0 Å². The highest BCUT2D eigenvalue weighted by Gasteiger charge is 2.38. The van der Waals surface area contributed by atoms with Crippen molar-refractivity contribution in [2.75, 3.05) is 6.54 Å². The molecule has 0 aromatic heterocycles. The zero-order valence-corrected chi connectivity index (χ0v) is 11.5. The molecule has 1 aromatic carbocycles. The van der Waals surface area contributed by atoms with E-state index in [0.29, 0.717) is 6.42 Å². The van der Waals surface area contributed by atoms with Crippen molar-refractivity contribution < 1.29 is 19.8 Å². The van der Waals surface area contributed by atoms with Crippen LogP contribution in [0, 0.1) is 6.92 Å². The van der Waals surface area contributed by atoms with Crippen LogP contribution in [0.2, 0.25) is 0 Å². The first-order valence-corrected chi connectivity index (χ1v) is 6.73. The Labute approximate surface area is 117 Å². The van der Waals surface area contributed by atoms with Gasteiger partial charge in [0.2, 0.25) is 5.91 Å². The number of rotatable bonds is 4. The number of aliphatic carboxylic acids is 1. The van der Waals surface area contributed by atoms with Gasteiger partial charge in [0.15, 0.2) is 0 Å². The Balaban J connectivity index is 1.94. The summed E-state index contributed by atoms with van der Waals surface area (Å²) in [5.74, 6) is -1.26. The maximum Gasteiger partial charge on any atom is 0.326 e. The third kappa shape index (κ3) is 3.36. The van der Waals surface area contributed by atoms with E-state index in [1.165, 1.54) is 4.90 Å². The monoisotopic (exact) mass is 277 g/mol. The minimum atomic E-state index is -1.05. The molecule has 1 fully saturated rings. The van der Waals surface area contributed by atoms with E-state index >= 15 is 0 Å². The van der Waals surface area contributed by atoms with Gasteiger partial charge in [-0.25, -0.2) is 4.79 Å². The summed E-state index contributed by atoms with van der Waals surface area (Å²) in [5.41, 5.74) is 2.21. The number of carboxylic acid groups (broad SMARTS) is 1. The molecular formula is C15H19NO4. The Hall–Kier alpha value is -1.88. The Bertz CT molecular complexity index is 497. The molecule has 20 heavy (non-hydrogen) atoms. The lowest BCUT2D eigenvalue weighted by atomic mass is 10.1. The van der Waals surface area contributed by atoms with Crippen molar-refractivity contribution in [2.24, 2.45) is 0 Å². The number of carboxylic acids is 1. The molecule has 5 nitrogen and oxygen atoms in total. The summed E-state index contributed by atoms with van der Waals surface area (Å²) in [6.45, 7) is 2.11. The lowest BCUT2D eigenvalue weighted by molar-refractivity contribution is -0.148. The molecule has 0 saturated carbocycles. The maximum absolute atomic E-state index is 12.1. The van der Waals surface area contributed by atoms with Crippen LogP contribution in [0.3, 0.4) is 0 Å². The highest BCUT2D eigenvalue weighted by molar-refractivity contribution is 5.84. The Morgan fingerprint density at radius 3 is 2.55 bits per heavy atom. The van der Waals surface area contributed by atoms with Crippen LogP contribution >= 0.6 is 0 Å². The van der Waals surface area contributed by atoms with Crippen molar-refractivity contribution in [3.8, 4) is 0 Å². The molecule has 1 heterocycles. The average molecular weight is 277 g/mol. The number of aliphatic hydroxyl groups is 1. The second kappa shape index (κ2) is 6.05. The standard InChI is InChI=1S/C15H19NO4/c1-10-2-4-11(5-3-10)6-7-14(18)16-9-12(17)8-13(16)15(19)20/h2-5,12-13,17H,6-9H2,1H3,(H,19,20)/t12?,13-/m0/s1. The fraction of sp³-hybridized carbons (Fsp3) is 0.467. The number of β-amino-alcohol motifs (C(OH)–C–C–N with tert-alkyl or cyclic N) is 1. The molecule has 1 aliphatic heterocycles. The van der Waals surface area contributed by atoms with E-state index in [4.69, 9.17) is 5.11 Å². The van der Waals surface area contributed by atoms with E-state index in [2.05, 4.69) is 0 Å². The summed E-state index contributed by atoms with van der Waals surface area (Å²) in [6, 6.07) is 7.01. The van der Waals surface area contributed by atoms with Gasteiger partial charge in [0, 0.05) is 19.4 Å². The third-order valence-corrected chi connectivity index (χ3v) is 3.63. The van der Waals surface area contributed by atoms with Crippen LogP contribution in [0.25, 0.3) is 0 Å². The van der Waals surface area contributed by atoms with Crippen LogP contribution < -0.4 is 0 Å². The molecule has 1 unspecified atom stereocenters. The van der Waals surface area contributed by atoms with E-state index in [9.17, 15) is 14.7 Å². The number of likely N-dealkylation sites (tertiary alicyclic amines) is 1. The number of aryl methyl sites for hydroxylation is 2. The zero-order valence-electron chi connectivity index (χ0n) is 11.5. The van der Waals surface area contributed by atoms with Crippen molar-refractivity contribution in [3.63, 3.8) is 0 Å². The van der Waals surface area contributed by atoms with E-state index in [-0.39, 0.29) is 25.3 Å². The first-order valence-electron chi connectivity index (χ1n) is 6.73. The minimum absolute atomic E-state index is 0.115. The molecule has 0 bridgehead atoms. The van der Waals surface area contributed by atoms with Crippen LogP contribution in [0.5, 0.6) is 0 Å². The molecule has 0 radical (unpaired) electrons. The molecule has 1 saturated heterocycles. The van der Waals surface area contributed by atoms with Crippen LogP contribution in [-0.4, -0.2) is 45.7 Å². The molecular weight excluding hydrogens is 258 g/mol. The minimum Gasteiger partial charge on any atom is -0.480 e. The van der Waals surface area contributed by atoms with Gasteiger partial charge < -0.3 is 15.1 Å². The number of carbonyl (C=O) groups is 2. The van der Waals surface area contributed by atoms with Gasteiger partial charge in [-0.2, -0.15) is 0 Å². The summed E-state index contributed by atoms with van der Waals surface area (Å²) < 4.78 is 0. The van der Waals surface area contributed by atoms with Gasteiger partial charge in [0.05, 0.1) is 6.10 Å². The number of hydrogen-bond donors (Lipinski definition) is 2. The Morgan fingerprint density at radius 1 is 1.30 bits per heavy atom. The number of aliphatic hydroxyl groups excluding tert-OH is 1. The molecule has 1 aromatic rings. The molecule has 2 atom stereocenters. The van der Waals surface area contributed by atoms with Crippen molar-refractivity contribution in [3.05, 3.63) is 35.4 Å². The molecule has 5 heteroatoms. The quantitative estimate of drug-likeness (QED) is 0.859. The van der Waals surface area contributed by atoms with E-state index in [1.807, 2.05) is 31.2 Å². The summed E-state index contributed by atoms with van der Waals surface area (Å²) >= 11 is 0. The molecule has 2 rings (SSSR count). The predicted octanol–water partition coefficient (Wildman–Crippen LogP) is 0.974. The van der Waals surface area contributed by atoms with Gasteiger partial charge in [-0.3, -0.25) is 4.79 Å². The predicted molar refractivity (Wildman–Crippen MR) is 73.3 cm³/mol. The number of amides is 1. The fourth-order valence-electron chi connectivity index (χ4n) is 2.47. The highest BCUT2D eigenvalue weighted by atomic mass is 16.4. The highest BCUT2D eigenvalue weighted by Crippen LogP contribution is 2.20. The first-order chi connectivity index (χ1) is 9.47. The van der Waals surface area contributed by atoms with Gasteiger partial charge in [-0.05, 0) is 18.9 Å². The Morgan fingerprint density at radius 2 is 1.95 bits per heavy atom. The molecule has 1 aliphatic rings. The molecule has 2 N–H and O–H groups in total. The summed E-state index contributed by atoms with van der Waals surface area (Å²) in [5, 5.41) is 18.6. The summed E-state index contributed by atoms with van der Waals surface area (Å²) in [4.78, 5) is 24.4. The zero-order chi connectivity index (χ0) is 14.7. The average Bonchev–Trinajstić information content (AvgIpc) is 2.80. The number of carbonyl (C=O) groups excluding carboxylic acids is 1. The lowest BCUT2D eigenvalue weighted by Gasteiger charge is -2.21. The van der Waals surface area contributed by atoms with Crippen molar-refractivity contribution >= 4 is 11.9 Å². The van der Waals surface area contributed by atoms with Gasteiger partial charge in [-0.15, -0.1) is 0 Å². The topological polar surface area (TPSA) is 77.8 Å². The van der Waals surface area contributed by atoms with Crippen LogP contribution in [0.1, 0.15) is 24.0 Å². The van der Waals surface area contributed by atoms with Gasteiger partial charge >= 0.3 is 5.97 Å². The maximum atomic E-state index is 12.1. The fourth-order valence-corrected chi connectivity index (χ4v) is 2.47. The normalized spacial score (nSPS) is 22.0. The number of nitrogens with zero attached hydrogens (tertiary/aromatic N) is 1. The first kappa shape index (κ1) is 14.5. The summed E-state index contributed by atoms with van der Waals surface area (Å²) in [7, 11) is 0. The second-order valence-corrected chi connectivity index (χ2v) is 5.28. The molecule has 1 amide bonds. The number of benzene rings is 1. The van der Waals surface area contributed by atoms with Gasteiger partial charge in [-0.1, -0.05) is 29.8 Å². The van der Waals surface area contributed by atoms with Crippen LogP contribution in [-0.2, 0) is 16.0 Å². The smallest absolute Gasteiger partial charge is 0.326 e.